The molecule has 0 radical (unpaired) electrons. The number of ether oxygens (including phenoxy) is 1. The molecule has 0 fully saturated rings. The molecule has 4 aromatic rings. The minimum absolute atomic E-state index is 0. The number of amides is 3. The molecule has 2 atom stereocenters. The molecule has 1 heterocycles. The van der Waals surface area contributed by atoms with Crippen LogP contribution in [0.5, 0.6) is 5.75 Å². The monoisotopic (exact) mass is 621 g/mol. The first-order chi connectivity index (χ1) is 20.2. The minimum Gasteiger partial charge on any atom is -0.496 e. The van der Waals surface area contributed by atoms with Crippen LogP contribution in [0.15, 0.2) is 78.9 Å². The summed E-state index contributed by atoms with van der Waals surface area (Å²) in [4.78, 5) is 44.5. The van der Waals surface area contributed by atoms with Gasteiger partial charge in [0.2, 0.25) is 5.91 Å². The summed E-state index contributed by atoms with van der Waals surface area (Å²) in [6.07, 6.45) is 0. The second-order valence-corrected chi connectivity index (χ2v) is 10.6. The number of hydrogen-bond acceptors (Lipinski definition) is 6. The first-order valence-electron chi connectivity index (χ1n) is 13.5. The summed E-state index contributed by atoms with van der Waals surface area (Å²) in [5, 5.41) is 8.06. The highest BCUT2D eigenvalue weighted by atomic mass is 35.5. The standard InChI is InChI=1S/C32H32ClN5O4.ClH/c1-19(35-2)30(39)36-26-18-38(31(40)21-8-12-23(34)13-9-21)28-16-22(33)11-14-27(28)37(32(26)41)17-25-24-7-5-4-6-20(24)10-15-29(25)42-3;/h4-16,19,26,35H,17-18,34H2,1-3H3,(H,36,39);1H/t19-,26-;/m0./s1. The summed E-state index contributed by atoms with van der Waals surface area (Å²) in [5.41, 5.74) is 8.45. The number of halogens is 2. The van der Waals surface area contributed by atoms with Crippen LogP contribution in [0.25, 0.3) is 10.8 Å². The molecule has 1 aliphatic heterocycles. The van der Waals surface area contributed by atoms with Crippen molar-refractivity contribution in [2.24, 2.45) is 0 Å². The maximum absolute atomic E-state index is 14.4. The number of carbonyl (C=O) groups excluding carboxylic acids is 3. The summed E-state index contributed by atoms with van der Waals surface area (Å²) in [6.45, 7) is 1.71. The van der Waals surface area contributed by atoms with E-state index in [-0.39, 0.29) is 43.2 Å². The smallest absolute Gasteiger partial charge is 0.258 e. The van der Waals surface area contributed by atoms with Crippen molar-refractivity contribution in [1.29, 1.82) is 0 Å². The Morgan fingerprint density at radius 3 is 2.47 bits per heavy atom. The van der Waals surface area contributed by atoms with Gasteiger partial charge in [-0.2, -0.15) is 0 Å². The number of nitrogen functional groups attached to an aromatic ring is 1. The lowest BCUT2D eigenvalue weighted by molar-refractivity contribution is -0.128. The number of methoxy groups -OCH3 is 1. The first kappa shape index (κ1) is 31.6. The maximum Gasteiger partial charge on any atom is 0.258 e. The lowest BCUT2D eigenvalue weighted by Crippen LogP contribution is -2.55. The molecule has 0 unspecified atom stereocenters. The van der Waals surface area contributed by atoms with Crippen LogP contribution in [0.3, 0.4) is 0 Å². The molecule has 0 saturated heterocycles. The van der Waals surface area contributed by atoms with Crippen molar-refractivity contribution in [2.75, 3.05) is 36.2 Å². The fraction of sp³-hybridized carbons (Fsp3) is 0.219. The van der Waals surface area contributed by atoms with Crippen molar-refractivity contribution < 1.29 is 19.1 Å². The van der Waals surface area contributed by atoms with Gasteiger partial charge in [-0.25, -0.2) is 0 Å². The van der Waals surface area contributed by atoms with Crippen molar-refractivity contribution in [3.05, 3.63) is 95.0 Å². The SMILES string of the molecule is CN[C@@H](C)C(=O)N[C@H]1CN(C(=O)c2ccc(N)cc2)c2cc(Cl)ccc2N(Cc2c(OC)ccc3ccccc23)C1=O.Cl. The number of carbonyl (C=O) groups is 3. The molecule has 11 heteroatoms. The van der Waals surface area contributed by atoms with Crippen LogP contribution in [0, 0.1) is 0 Å². The number of anilines is 3. The zero-order valence-electron chi connectivity index (χ0n) is 24.0. The molecule has 9 nitrogen and oxygen atoms in total. The number of benzene rings is 4. The van der Waals surface area contributed by atoms with E-state index in [0.717, 1.165) is 16.3 Å². The Kier molecular flexibility index (Phi) is 9.80. The highest BCUT2D eigenvalue weighted by molar-refractivity contribution is 6.31. The Bertz CT molecular complexity index is 1660. The van der Waals surface area contributed by atoms with Crippen LogP contribution in [0.2, 0.25) is 5.02 Å². The average molecular weight is 623 g/mol. The molecule has 3 amide bonds. The summed E-state index contributed by atoms with van der Waals surface area (Å²) in [7, 11) is 3.24. The van der Waals surface area contributed by atoms with Gasteiger partial charge in [-0.3, -0.25) is 14.4 Å². The van der Waals surface area contributed by atoms with Gasteiger partial charge in [-0.1, -0.05) is 41.9 Å². The molecule has 0 spiro atoms. The Balaban J connectivity index is 0.00000423. The van der Waals surface area contributed by atoms with Crippen molar-refractivity contribution in [3.63, 3.8) is 0 Å². The molecular weight excluding hydrogens is 589 g/mol. The van der Waals surface area contributed by atoms with Crippen molar-refractivity contribution >= 4 is 69.6 Å². The number of rotatable bonds is 7. The van der Waals surface area contributed by atoms with E-state index in [1.54, 1.807) is 68.4 Å². The maximum atomic E-state index is 14.4. The number of nitrogens with two attached hydrogens (primary N) is 1. The minimum atomic E-state index is -1.06. The summed E-state index contributed by atoms with van der Waals surface area (Å²) in [5.74, 6) is -0.502. The van der Waals surface area contributed by atoms with Crippen LogP contribution < -0.4 is 30.9 Å². The molecule has 43 heavy (non-hydrogen) atoms. The molecule has 0 aliphatic carbocycles. The predicted molar refractivity (Wildman–Crippen MR) is 173 cm³/mol. The van der Waals surface area contributed by atoms with Crippen LogP contribution in [0.1, 0.15) is 22.8 Å². The summed E-state index contributed by atoms with van der Waals surface area (Å²) in [6, 6.07) is 21.6. The van der Waals surface area contributed by atoms with Gasteiger partial charge < -0.3 is 30.9 Å². The summed E-state index contributed by atoms with van der Waals surface area (Å²) >= 11 is 6.46. The van der Waals surface area contributed by atoms with E-state index in [0.29, 0.717) is 33.4 Å². The van der Waals surface area contributed by atoms with E-state index < -0.39 is 12.1 Å². The second-order valence-electron chi connectivity index (χ2n) is 10.1. The average Bonchev–Trinajstić information content (AvgIpc) is 3.11. The Morgan fingerprint density at radius 2 is 1.77 bits per heavy atom. The van der Waals surface area contributed by atoms with Crippen LogP contribution in [-0.2, 0) is 16.1 Å². The van der Waals surface area contributed by atoms with Gasteiger partial charge in [-0.15, -0.1) is 12.4 Å². The molecule has 224 valence electrons. The summed E-state index contributed by atoms with van der Waals surface area (Å²) < 4.78 is 5.72. The van der Waals surface area contributed by atoms with Gasteiger partial charge in [0.05, 0.1) is 37.6 Å². The van der Waals surface area contributed by atoms with Crippen molar-refractivity contribution in [2.45, 2.75) is 25.6 Å². The van der Waals surface area contributed by atoms with Crippen LogP contribution in [-0.4, -0.2) is 50.5 Å². The zero-order valence-corrected chi connectivity index (χ0v) is 25.5. The van der Waals surface area contributed by atoms with Crippen LogP contribution in [0.4, 0.5) is 17.1 Å². The molecule has 1 aliphatic rings. The molecule has 0 saturated carbocycles. The van der Waals surface area contributed by atoms with Gasteiger partial charge in [0.1, 0.15) is 11.8 Å². The van der Waals surface area contributed by atoms with Gasteiger partial charge in [0.15, 0.2) is 0 Å². The van der Waals surface area contributed by atoms with Crippen molar-refractivity contribution in [3.8, 4) is 5.75 Å². The Hall–Kier alpha value is -4.31. The van der Waals surface area contributed by atoms with Gasteiger partial charge in [-0.05, 0) is 73.3 Å². The van der Waals surface area contributed by atoms with Gasteiger partial charge >= 0.3 is 0 Å². The Labute approximate surface area is 261 Å². The highest BCUT2D eigenvalue weighted by Gasteiger charge is 2.38. The lowest BCUT2D eigenvalue weighted by atomic mass is 10.0. The zero-order chi connectivity index (χ0) is 30.0. The molecule has 4 N–H and O–H groups in total. The predicted octanol–water partition coefficient (Wildman–Crippen LogP) is 4.79. The third kappa shape index (κ3) is 6.39. The number of likely N-dealkylation sites (N-methyl/N-ethyl adjacent to an activating group) is 1. The topological polar surface area (TPSA) is 117 Å². The van der Waals surface area contributed by atoms with E-state index >= 15 is 0 Å². The molecule has 5 rings (SSSR count). The second kappa shape index (κ2) is 13.3. The normalized spacial score (nSPS) is 15.3. The number of nitrogens with one attached hydrogen (secondary N) is 2. The fourth-order valence-electron chi connectivity index (χ4n) is 5.11. The van der Waals surface area contributed by atoms with Gasteiger partial charge in [0, 0.05) is 21.8 Å². The largest absolute Gasteiger partial charge is 0.496 e. The van der Waals surface area contributed by atoms with E-state index in [2.05, 4.69) is 10.6 Å². The van der Waals surface area contributed by atoms with Crippen molar-refractivity contribution in [1.82, 2.24) is 10.6 Å². The van der Waals surface area contributed by atoms with Gasteiger partial charge in [0.25, 0.3) is 11.8 Å². The Morgan fingerprint density at radius 1 is 1.05 bits per heavy atom. The number of hydrogen-bond donors (Lipinski definition) is 3. The lowest BCUT2D eigenvalue weighted by Gasteiger charge is -2.27. The molecule has 0 aromatic heterocycles. The fourth-order valence-corrected chi connectivity index (χ4v) is 5.27. The van der Waals surface area contributed by atoms with E-state index in [9.17, 15) is 14.4 Å². The molecule has 4 aromatic carbocycles. The molecule has 0 bridgehead atoms. The van der Waals surface area contributed by atoms with Crippen LogP contribution >= 0.6 is 24.0 Å². The third-order valence-corrected chi connectivity index (χ3v) is 7.76. The van der Waals surface area contributed by atoms with E-state index in [1.807, 2.05) is 36.4 Å². The quantitative estimate of drug-likeness (QED) is 0.255. The highest BCUT2D eigenvalue weighted by Crippen LogP contribution is 2.39. The first-order valence-corrected chi connectivity index (χ1v) is 13.9. The number of nitrogens with zero attached hydrogens (tertiary/aromatic N) is 2. The van der Waals surface area contributed by atoms with E-state index in [1.165, 1.54) is 4.90 Å². The molecular formula is C32H33Cl2N5O4. The number of fused-ring (bicyclic) bond motifs is 2. The van der Waals surface area contributed by atoms with E-state index in [4.69, 9.17) is 22.1 Å². The third-order valence-electron chi connectivity index (χ3n) is 7.53.